The first-order valence-corrected chi connectivity index (χ1v) is 12.1. The number of carbonyl (C=O) groups excluding carboxylic acids is 2. The van der Waals surface area contributed by atoms with Crippen molar-refractivity contribution < 1.29 is 14.0 Å². The average Bonchev–Trinajstić information content (AvgIpc) is 3.28. The molecule has 0 radical (unpaired) electrons. The van der Waals surface area contributed by atoms with Crippen molar-refractivity contribution in [2.24, 2.45) is 5.92 Å². The molecule has 0 unspecified atom stereocenters. The molecule has 0 bridgehead atoms. The van der Waals surface area contributed by atoms with Gasteiger partial charge in [-0.3, -0.25) is 14.6 Å². The number of hydrogen-bond donors (Lipinski definition) is 1. The summed E-state index contributed by atoms with van der Waals surface area (Å²) in [5, 5.41) is 3.93. The van der Waals surface area contributed by atoms with Crippen molar-refractivity contribution in [1.82, 2.24) is 20.2 Å². The molecule has 2 fully saturated rings. The van der Waals surface area contributed by atoms with Gasteiger partial charge in [-0.15, -0.1) is 11.3 Å². The Kier molecular flexibility index (Phi) is 5.10. The first kappa shape index (κ1) is 20.9. The Bertz CT molecular complexity index is 1400. The van der Waals surface area contributed by atoms with E-state index in [0.717, 1.165) is 28.7 Å². The minimum absolute atomic E-state index is 0.0918. The first-order valence-electron chi connectivity index (χ1n) is 11.2. The SMILES string of the molecule is O=C(NC[C@@H]1C[C@@H]2C[C@@H]2N1C(=O)c1ncsc1-c1ccc(F)cc1)c1cccc2cccnc12. The van der Waals surface area contributed by atoms with Crippen LogP contribution in [0.25, 0.3) is 21.3 Å². The van der Waals surface area contributed by atoms with Crippen molar-refractivity contribution in [3.8, 4) is 10.4 Å². The molecule has 2 amide bonds. The van der Waals surface area contributed by atoms with E-state index in [0.29, 0.717) is 29.2 Å². The molecule has 6 rings (SSSR count). The van der Waals surface area contributed by atoms with Crippen molar-refractivity contribution >= 4 is 34.1 Å². The molecule has 6 nitrogen and oxygen atoms in total. The number of nitrogens with zero attached hydrogens (tertiary/aromatic N) is 3. The highest BCUT2D eigenvalue weighted by Crippen LogP contribution is 2.48. The molecule has 1 saturated heterocycles. The number of thiazole rings is 1. The second-order valence-electron chi connectivity index (χ2n) is 8.79. The van der Waals surface area contributed by atoms with E-state index in [4.69, 9.17) is 0 Å². The first-order chi connectivity index (χ1) is 16.6. The average molecular weight is 473 g/mol. The molecule has 0 spiro atoms. The van der Waals surface area contributed by atoms with E-state index in [-0.39, 0.29) is 29.7 Å². The zero-order chi connectivity index (χ0) is 23.2. The standard InChI is InChI=1S/C26H21FN4O2S/c27-18-8-6-16(7-9-18)24-23(30-14-34-24)26(33)31-19(11-17-12-21(17)31)13-29-25(32)20-5-1-3-15-4-2-10-28-22(15)20/h1-10,14,17,19,21H,11-13H2,(H,29,32)/t17-,19+,21+/m1/s1. The maximum Gasteiger partial charge on any atom is 0.274 e. The minimum Gasteiger partial charge on any atom is -0.350 e. The molecule has 1 aliphatic carbocycles. The summed E-state index contributed by atoms with van der Waals surface area (Å²) in [6, 6.07) is 15.5. The fraction of sp³-hybridized carbons (Fsp3) is 0.231. The van der Waals surface area contributed by atoms with Crippen molar-refractivity contribution in [3.05, 3.63) is 83.4 Å². The molecular weight excluding hydrogens is 451 g/mol. The lowest BCUT2D eigenvalue weighted by molar-refractivity contribution is 0.0684. The maximum absolute atomic E-state index is 13.6. The van der Waals surface area contributed by atoms with E-state index in [1.807, 2.05) is 29.2 Å². The molecule has 1 N–H and O–H groups in total. The van der Waals surface area contributed by atoms with Gasteiger partial charge in [0.1, 0.15) is 11.5 Å². The molecule has 1 saturated carbocycles. The predicted octanol–water partition coefficient (Wildman–Crippen LogP) is 4.53. The van der Waals surface area contributed by atoms with Crippen LogP contribution in [0.5, 0.6) is 0 Å². The molecule has 170 valence electrons. The van der Waals surface area contributed by atoms with Crippen LogP contribution in [0.3, 0.4) is 0 Å². The number of rotatable bonds is 5. The zero-order valence-corrected chi connectivity index (χ0v) is 19.0. The van der Waals surface area contributed by atoms with Gasteiger partial charge in [-0.25, -0.2) is 9.37 Å². The number of benzene rings is 2. The topological polar surface area (TPSA) is 75.2 Å². The lowest BCUT2D eigenvalue weighted by atomic mass is 10.1. The highest BCUT2D eigenvalue weighted by atomic mass is 32.1. The Balaban J connectivity index is 1.21. The summed E-state index contributed by atoms with van der Waals surface area (Å²) in [6.07, 6.45) is 3.52. The molecule has 2 aromatic heterocycles. The van der Waals surface area contributed by atoms with Crippen LogP contribution in [0.2, 0.25) is 0 Å². The van der Waals surface area contributed by atoms with E-state index < -0.39 is 0 Å². The third-order valence-electron chi connectivity index (χ3n) is 6.70. The molecule has 3 heterocycles. The van der Waals surface area contributed by atoms with E-state index in [1.165, 1.54) is 23.5 Å². The summed E-state index contributed by atoms with van der Waals surface area (Å²) in [6.45, 7) is 0.372. The van der Waals surface area contributed by atoms with Gasteiger partial charge in [0.25, 0.3) is 11.8 Å². The molecule has 34 heavy (non-hydrogen) atoms. The van der Waals surface area contributed by atoms with Gasteiger partial charge >= 0.3 is 0 Å². The van der Waals surface area contributed by atoms with Crippen molar-refractivity contribution in [2.45, 2.75) is 24.9 Å². The Morgan fingerprint density at radius 3 is 2.74 bits per heavy atom. The van der Waals surface area contributed by atoms with Crippen molar-refractivity contribution in [3.63, 3.8) is 0 Å². The third-order valence-corrected chi connectivity index (χ3v) is 7.57. The molecule has 4 aromatic rings. The number of aromatic nitrogens is 2. The Hall–Kier alpha value is -3.65. The van der Waals surface area contributed by atoms with Crippen LogP contribution < -0.4 is 5.32 Å². The predicted molar refractivity (Wildman–Crippen MR) is 128 cm³/mol. The molecule has 1 aliphatic heterocycles. The lowest BCUT2D eigenvalue weighted by Crippen LogP contribution is -2.45. The van der Waals surface area contributed by atoms with Gasteiger partial charge in [-0.2, -0.15) is 0 Å². The van der Waals surface area contributed by atoms with Crippen LogP contribution in [-0.4, -0.2) is 45.3 Å². The Labute approximate surface area is 199 Å². The number of hydrogen-bond acceptors (Lipinski definition) is 5. The summed E-state index contributed by atoms with van der Waals surface area (Å²) >= 11 is 1.37. The van der Waals surface area contributed by atoms with Gasteiger partial charge in [0, 0.05) is 24.2 Å². The number of para-hydroxylation sites is 1. The molecular formula is C26H21FN4O2S. The number of nitrogens with one attached hydrogen (secondary N) is 1. The Morgan fingerprint density at radius 1 is 1.06 bits per heavy atom. The monoisotopic (exact) mass is 472 g/mol. The fourth-order valence-electron chi connectivity index (χ4n) is 4.98. The maximum atomic E-state index is 13.6. The summed E-state index contributed by atoms with van der Waals surface area (Å²) in [7, 11) is 0. The van der Waals surface area contributed by atoms with Gasteiger partial charge in [-0.05, 0) is 48.6 Å². The largest absolute Gasteiger partial charge is 0.350 e. The summed E-state index contributed by atoms with van der Waals surface area (Å²) in [4.78, 5) is 37.9. The summed E-state index contributed by atoms with van der Waals surface area (Å²) in [5.74, 6) is -0.175. The second-order valence-corrected chi connectivity index (χ2v) is 9.65. The minimum atomic E-state index is -0.321. The van der Waals surface area contributed by atoms with Crippen LogP contribution in [0.1, 0.15) is 33.7 Å². The van der Waals surface area contributed by atoms with Gasteiger partial charge in [0.05, 0.1) is 27.5 Å². The number of halogens is 1. The third kappa shape index (κ3) is 3.64. The van der Waals surface area contributed by atoms with E-state index in [2.05, 4.69) is 15.3 Å². The van der Waals surface area contributed by atoms with E-state index in [1.54, 1.807) is 29.9 Å². The highest BCUT2D eigenvalue weighted by molar-refractivity contribution is 7.13. The van der Waals surface area contributed by atoms with Crippen molar-refractivity contribution in [2.75, 3.05) is 6.54 Å². The number of fused-ring (bicyclic) bond motifs is 2. The van der Waals surface area contributed by atoms with Gasteiger partial charge in [-0.1, -0.05) is 30.3 Å². The van der Waals surface area contributed by atoms with E-state index in [9.17, 15) is 14.0 Å². The zero-order valence-electron chi connectivity index (χ0n) is 18.1. The smallest absolute Gasteiger partial charge is 0.274 e. The quantitative estimate of drug-likeness (QED) is 0.463. The molecule has 8 heteroatoms. The van der Waals surface area contributed by atoms with Crippen LogP contribution >= 0.6 is 11.3 Å². The number of pyridine rings is 1. The van der Waals surface area contributed by atoms with Crippen LogP contribution in [0.4, 0.5) is 4.39 Å². The Morgan fingerprint density at radius 2 is 1.88 bits per heavy atom. The highest BCUT2D eigenvalue weighted by Gasteiger charge is 2.54. The normalized spacial score (nSPS) is 20.9. The number of piperidine rings is 1. The van der Waals surface area contributed by atoms with Gasteiger partial charge in [0.2, 0.25) is 0 Å². The number of likely N-dealkylation sites (tertiary alicyclic amines) is 1. The van der Waals surface area contributed by atoms with Crippen LogP contribution in [0.15, 0.2) is 66.3 Å². The number of carbonyl (C=O) groups is 2. The van der Waals surface area contributed by atoms with Crippen LogP contribution in [-0.2, 0) is 0 Å². The van der Waals surface area contributed by atoms with Gasteiger partial charge < -0.3 is 10.2 Å². The van der Waals surface area contributed by atoms with Gasteiger partial charge in [0.15, 0.2) is 0 Å². The molecule has 3 atom stereocenters. The summed E-state index contributed by atoms with van der Waals surface area (Å²) in [5.41, 5.74) is 4.00. The summed E-state index contributed by atoms with van der Waals surface area (Å²) < 4.78 is 13.4. The molecule has 2 aromatic carbocycles. The van der Waals surface area contributed by atoms with Crippen molar-refractivity contribution in [1.29, 1.82) is 0 Å². The number of amides is 2. The fourth-order valence-corrected chi connectivity index (χ4v) is 5.76. The van der Waals surface area contributed by atoms with Crippen LogP contribution in [0, 0.1) is 11.7 Å². The molecule has 2 aliphatic rings. The second kappa shape index (κ2) is 8.29. The van der Waals surface area contributed by atoms with E-state index >= 15 is 0 Å². The lowest BCUT2D eigenvalue weighted by Gasteiger charge is -2.27.